The van der Waals surface area contributed by atoms with Gasteiger partial charge in [0, 0.05) is 17.5 Å². The van der Waals surface area contributed by atoms with Crippen LogP contribution in [-0.2, 0) is 4.79 Å². The second-order valence-electron chi connectivity index (χ2n) is 6.31. The average molecular weight is 293 g/mol. The molecular weight excluding hydrogens is 270 g/mol. The zero-order valence-electron chi connectivity index (χ0n) is 12.0. The largest absolute Gasteiger partial charge is 0.481 e. The number of likely N-dealkylation sites (tertiary alicyclic amines) is 1. The highest BCUT2D eigenvalue weighted by atomic mass is 32.1. The van der Waals surface area contributed by atoms with Crippen LogP contribution in [0.4, 0.5) is 0 Å². The summed E-state index contributed by atoms with van der Waals surface area (Å²) in [6, 6.07) is 4.79. The summed E-state index contributed by atoms with van der Waals surface area (Å²) in [6.45, 7) is 3.79. The third kappa shape index (κ3) is 2.51. The van der Waals surface area contributed by atoms with Crippen molar-refractivity contribution in [2.24, 2.45) is 11.3 Å². The van der Waals surface area contributed by atoms with Gasteiger partial charge in [0.05, 0.1) is 5.41 Å². The van der Waals surface area contributed by atoms with Crippen LogP contribution >= 0.6 is 11.3 Å². The molecule has 0 bridgehead atoms. The molecule has 2 heterocycles. The monoisotopic (exact) mass is 293 g/mol. The molecule has 1 saturated carbocycles. The zero-order chi connectivity index (χ0) is 14.2. The number of carboxylic acid groups (broad SMARTS) is 1. The van der Waals surface area contributed by atoms with Gasteiger partial charge in [0.1, 0.15) is 0 Å². The smallest absolute Gasteiger partial charge is 0.310 e. The predicted octanol–water partition coefficient (Wildman–Crippen LogP) is 3.78. The van der Waals surface area contributed by atoms with E-state index in [0.29, 0.717) is 6.04 Å². The number of hydrogen-bond acceptors (Lipinski definition) is 3. The van der Waals surface area contributed by atoms with Gasteiger partial charge in [0.2, 0.25) is 0 Å². The fraction of sp³-hybridized carbons (Fsp3) is 0.688. The second-order valence-corrected chi connectivity index (χ2v) is 7.29. The number of carboxylic acids is 1. The Hall–Kier alpha value is -0.870. The summed E-state index contributed by atoms with van der Waals surface area (Å²) in [6.07, 6.45) is 5.17. The number of rotatable bonds is 5. The minimum absolute atomic E-state index is 0.459. The molecule has 1 aromatic heterocycles. The number of hydrogen-bond donors (Lipinski definition) is 1. The minimum atomic E-state index is -0.606. The molecule has 0 radical (unpaired) electrons. The topological polar surface area (TPSA) is 40.5 Å². The van der Waals surface area contributed by atoms with E-state index in [-0.39, 0.29) is 0 Å². The highest BCUT2D eigenvalue weighted by Gasteiger charge is 2.45. The zero-order valence-corrected chi connectivity index (χ0v) is 12.9. The Balaban J connectivity index is 1.83. The van der Waals surface area contributed by atoms with Crippen molar-refractivity contribution in [3.8, 4) is 0 Å². The molecule has 1 aliphatic heterocycles. The van der Waals surface area contributed by atoms with Gasteiger partial charge in [0.15, 0.2) is 0 Å². The molecule has 2 unspecified atom stereocenters. The van der Waals surface area contributed by atoms with Gasteiger partial charge in [-0.3, -0.25) is 9.69 Å². The highest BCUT2D eigenvalue weighted by molar-refractivity contribution is 7.10. The van der Waals surface area contributed by atoms with E-state index in [0.717, 1.165) is 38.3 Å². The van der Waals surface area contributed by atoms with E-state index in [9.17, 15) is 9.90 Å². The van der Waals surface area contributed by atoms with E-state index < -0.39 is 11.4 Å². The summed E-state index contributed by atoms with van der Waals surface area (Å²) in [4.78, 5) is 15.6. The van der Waals surface area contributed by atoms with E-state index >= 15 is 0 Å². The first kappa shape index (κ1) is 14.1. The Morgan fingerprint density at radius 2 is 2.40 bits per heavy atom. The number of carbonyl (C=O) groups is 1. The molecule has 2 fully saturated rings. The fourth-order valence-electron chi connectivity index (χ4n) is 3.60. The van der Waals surface area contributed by atoms with Gasteiger partial charge >= 0.3 is 5.97 Å². The van der Waals surface area contributed by atoms with Crippen molar-refractivity contribution < 1.29 is 9.90 Å². The molecule has 20 heavy (non-hydrogen) atoms. The van der Waals surface area contributed by atoms with Crippen molar-refractivity contribution in [1.82, 2.24) is 4.90 Å². The number of thiophene rings is 1. The molecule has 2 aliphatic rings. The van der Waals surface area contributed by atoms with E-state index in [2.05, 4.69) is 22.4 Å². The summed E-state index contributed by atoms with van der Waals surface area (Å²) < 4.78 is 0. The lowest BCUT2D eigenvalue weighted by Gasteiger charge is -2.43. The first-order chi connectivity index (χ1) is 9.66. The Morgan fingerprint density at radius 1 is 1.60 bits per heavy atom. The highest BCUT2D eigenvalue weighted by Crippen LogP contribution is 2.48. The van der Waals surface area contributed by atoms with Crippen LogP contribution in [-0.4, -0.2) is 29.1 Å². The lowest BCUT2D eigenvalue weighted by Crippen LogP contribution is -2.49. The molecule has 3 rings (SSSR count). The first-order valence-corrected chi connectivity index (χ1v) is 8.55. The fourth-order valence-corrected chi connectivity index (χ4v) is 4.55. The molecule has 4 heteroatoms. The van der Waals surface area contributed by atoms with Gasteiger partial charge in [-0.15, -0.1) is 11.3 Å². The third-order valence-corrected chi connectivity index (χ3v) is 5.98. The summed E-state index contributed by atoms with van der Waals surface area (Å²) in [7, 11) is 0. The van der Waals surface area contributed by atoms with Crippen molar-refractivity contribution >= 4 is 17.3 Å². The second kappa shape index (κ2) is 5.49. The van der Waals surface area contributed by atoms with E-state index in [1.807, 2.05) is 18.3 Å². The van der Waals surface area contributed by atoms with Crippen molar-refractivity contribution in [3.63, 3.8) is 0 Å². The van der Waals surface area contributed by atoms with Crippen molar-refractivity contribution in [2.75, 3.05) is 13.1 Å². The van der Waals surface area contributed by atoms with E-state index in [4.69, 9.17) is 0 Å². The summed E-state index contributed by atoms with van der Waals surface area (Å²) in [5, 5.41) is 11.8. The Kier molecular flexibility index (Phi) is 3.87. The van der Waals surface area contributed by atoms with Gasteiger partial charge in [-0.25, -0.2) is 0 Å². The summed E-state index contributed by atoms with van der Waals surface area (Å²) in [5.41, 5.74) is -0.525. The minimum Gasteiger partial charge on any atom is -0.481 e. The van der Waals surface area contributed by atoms with Crippen LogP contribution in [0.2, 0.25) is 0 Å². The normalized spacial score (nSPS) is 29.2. The molecule has 0 amide bonds. The van der Waals surface area contributed by atoms with Crippen molar-refractivity contribution in [2.45, 2.75) is 45.1 Å². The van der Waals surface area contributed by atoms with Crippen LogP contribution in [0.15, 0.2) is 17.5 Å². The molecule has 0 spiro atoms. The molecule has 1 aliphatic carbocycles. The van der Waals surface area contributed by atoms with E-state index in [1.54, 1.807) is 0 Å². The maximum absolute atomic E-state index is 11.7. The molecule has 3 nitrogen and oxygen atoms in total. The Morgan fingerprint density at radius 3 is 2.95 bits per heavy atom. The van der Waals surface area contributed by atoms with Crippen LogP contribution in [0.1, 0.15) is 49.9 Å². The lowest BCUT2D eigenvalue weighted by molar-refractivity contribution is -0.153. The lowest BCUT2D eigenvalue weighted by atomic mass is 9.77. The van der Waals surface area contributed by atoms with Crippen LogP contribution in [0, 0.1) is 11.3 Å². The maximum Gasteiger partial charge on any atom is 0.310 e. The van der Waals surface area contributed by atoms with Gasteiger partial charge < -0.3 is 5.11 Å². The van der Waals surface area contributed by atoms with Crippen molar-refractivity contribution in [1.29, 1.82) is 0 Å². The predicted molar refractivity (Wildman–Crippen MR) is 81.0 cm³/mol. The van der Waals surface area contributed by atoms with Gasteiger partial charge in [0.25, 0.3) is 0 Å². The van der Waals surface area contributed by atoms with Gasteiger partial charge in [-0.1, -0.05) is 13.0 Å². The van der Waals surface area contributed by atoms with Gasteiger partial charge in [-0.2, -0.15) is 0 Å². The van der Waals surface area contributed by atoms with Crippen LogP contribution in [0.25, 0.3) is 0 Å². The van der Waals surface area contributed by atoms with E-state index in [1.165, 1.54) is 17.7 Å². The molecular formula is C16H23NO2S. The third-order valence-electron chi connectivity index (χ3n) is 5.03. The number of piperidine rings is 1. The SMILES string of the molecule is CCC1(C(=O)O)CCCN(C(c2cccs2)C2CC2)C1. The molecule has 110 valence electrons. The van der Waals surface area contributed by atoms with Crippen LogP contribution in [0.3, 0.4) is 0 Å². The standard InChI is InChI=1S/C16H23NO2S/c1-2-16(15(18)19)8-4-9-17(11-16)14(12-6-7-12)13-5-3-10-20-13/h3,5,10,12,14H,2,4,6-9,11H2,1H3,(H,18,19). The Bertz CT molecular complexity index is 469. The van der Waals surface area contributed by atoms with Crippen LogP contribution < -0.4 is 0 Å². The first-order valence-electron chi connectivity index (χ1n) is 7.67. The average Bonchev–Trinajstić information content (AvgIpc) is 3.13. The summed E-state index contributed by atoms with van der Waals surface area (Å²) in [5.74, 6) is 0.139. The van der Waals surface area contributed by atoms with Crippen LogP contribution in [0.5, 0.6) is 0 Å². The maximum atomic E-state index is 11.7. The number of nitrogens with zero attached hydrogens (tertiary/aromatic N) is 1. The molecule has 0 aromatic carbocycles. The molecule has 2 atom stereocenters. The molecule has 1 saturated heterocycles. The molecule has 1 N–H and O–H groups in total. The Labute approximate surface area is 124 Å². The quantitative estimate of drug-likeness (QED) is 0.898. The summed E-state index contributed by atoms with van der Waals surface area (Å²) >= 11 is 1.82. The molecule has 1 aromatic rings. The number of aliphatic carboxylic acids is 1. The van der Waals surface area contributed by atoms with Gasteiger partial charge in [-0.05, 0) is 56.0 Å². The van der Waals surface area contributed by atoms with Crippen molar-refractivity contribution in [3.05, 3.63) is 22.4 Å².